The van der Waals surface area contributed by atoms with E-state index in [0.29, 0.717) is 6.54 Å². The molecule has 3 nitrogen and oxygen atoms in total. The van der Waals surface area contributed by atoms with Crippen molar-refractivity contribution in [2.24, 2.45) is 0 Å². The summed E-state index contributed by atoms with van der Waals surface area (Å²) >= 11 is 3.17. The summed E-state index contributed by atoms with van der Waals surface area (Å²) in [4.78, 5) is 13.5. The maximum Gasteiger partial charge on any atom is 0.315 e. The lowest BCUT2D eigenvalue weighted by molar-refractivity contribution is 0.236. The van der Waals surface area contributed by atoms with E-state index in [1.54, 1.807) is 4.99 Å². The van der Waals surface area contributed by atoms with Crippen molar-refractivity contribution in [3.8, 4) is 0 Å². The van der Waals surface area contributed by atoms with Gasteiger partial charge < -0.3 is 10.6 Å². The molecular weight excluding hydrogens is 292 g/mol. The van der Waals surface area contributed by atoms with Crippen LogP contribution in [0.25, 0.3) is 0 Å². The van der Waals surface area contributed by atoms with E-state index in [2.05, 4.69) is 44.8 Å². The lowest BCUT2D eigenvalue weighted by Crippen LogP contribution is -2.39. The molecule has 18 heavy (non-hydrogen) atoms. The van der Waals surface area contributed by atoms with E-state index in [4.69, 9.17) is 0 Å². The number of halogens is 1. The molecule has 0 aliphatic heterocycles. The van der Waals surface area contributed by atoms with Gasteiger partial charge >= 0.3 is 6.03 Å². The molecule has 0 aromatic heterocycles. The van der Waals surface area contributed by atoms with Gasteiger partial charge in [-0.1, -0.05) is 46.3 Å². The van der Waals surface area contributed by atoms with Crippen LogP contribution in [0.4, 0.5) is 4.79 Å². The summed E-state index contributed by atoms with van der Waals surface area (Å²) in [6.07, 6.45) is 5.10. The highest BCUT2D eigenvalue weighted by Crippen LogP contribution is 2.29. The fourth-order valence-electron chi connectivity index (χ4n) is 2.31. The molecule has 0 radical (unpaired) electrons. The Bertz CT molecular complexity index is 445. The number of benzene rings is 1. The minimum Gasteiger partial charge on any atom is -0.335 e. The van der Waals surface area contributed by atoms with Crippen LogP contribution >= 0.6 is 15.9 Å². The van der Waals surface area contributed by atoms with Gasteiger partial charge in [-0.2, -0.15) is 0 Å². The summed E-state index contributed by atoms with van der Waals surface area (Å²) in [6, 6.07) is 8.38. The van der Waals surface area contributed by atoms with Gasteiger partial charge in [0.05, 0.1) is 6.04 Å². The van der Waals surface area contributed by atoms with E-state index in [0.717, 1.165) is 19.3 Å². The lowest BCUT2D eigenvalue weighted by atomic mass is 9.88. The Morgan fingerprint density at radius 1 is 1.44 bits per heavy atom. The van der Waals surface area contributed by atoms with Gasteiger partial charge in [-0.3, -0.25) is 0 Å². The molecule has 0 fully saturated rings. The molecule has 0 spiro atoms. The largest absolute Gasteiger partial charge is 0.335 e. The maximum absolute atomic E-state index is 11.7. The van der Waals surface area contributed by atoms with Gasteiger partial charge in [-0.15, -0.1) is 0 Å². The van der Waals surface area contributed by atoms with Crippen LogP contribution in [-0.4, -0.2) is 12.6 Å². The third-order valence-corrected chi connectivity index (χ3v) is 3.52. The van der Waals surface area contributed by atoms with Gasteiger partial charge in [0.15, 0.2) is 0 Å². The zero-order chi connectivity index (χ0) is 12.8. The number of hydrogen-bond acceptors (Lipinski definition) is 1. The number of carbonyl (C=O) groups is 1. The molecule has 4 heteroatoms. The summed E-state index contributed by atoms with van der Waals surface area (Å²) in [5, 5.41) is 5.83. The van der Waals surface area contributed by atoms with Gasteiger partial charge in [0, 0.05) is 6.54 Å². The first kappa shape index (κ1) is 13.1. The minimum absolute atomic E-state index is 0.109. The molecule has 0 heterocycles. The maximum atomic E-state index is 11.7. The van der Waals surface area contributed by atoms with Gasteiger partial charge in [0.25, 0.3) is 0 Å². The molecule has 1 aliphatic carbocycles. The van der Waals surface area contributed by atoms with Crippen LogP contribution in [0.5, 0.6) is 0 Å². The second-order valence-corrected chi connectivity index (χ2v) is 4.89. The zero-order valence-corrected chi connectivity index (χ0v) is 11.7. The molecule has 0 bridgehead atoms. The van der Waals surface area contributed by atoms with Gasteiger partial charge in [-0.25, -0.2) is 4.79 Å². The Hall–Kier alpha value is -1.29. The van der Waals surface area contributed by atoms with E-state index in [1.807, 2.05) is 12.1 Å². The molecule has 0 saturated carbocycles. The SMILES string of the molecule is O=C(NC/C=C/Br)N[C@H]1CCCc2ccccc21. The van der Waals surface area contributed by atoms with E-state index in [9.17, 15) is 4.79 Å². The highest BCUT2D eigenvalue weighted by Gasteiger charge is 2.20. The van der Waals surface area contributed by atoms with Crippen LogP contribution in [0.15, 0.2) is 35.3 Å². The van der Waals surface area contributed by atoms with E-state index in [-0.39, 0.29) is 12.1 Å². The summed E-state index contributed by atoms with van der Waals surface area (Å²) in [7, 11) is 0. The highest BCUT2D eigenvalue weighted by atomic mass is 79.9. The number of fused-ring (bicyclic) bond motifs is 1. The molecule has 96 valence electrons. The fourth-order valence-corrected chi connectivity index (χ4v) is 2.50. The molecule has 0 saturated heterocycles. The van der Waals surface area contributed by atoms with Crippen LogP contribution in [0.2, 0.25) is 0 Å². The highest BCUT2D eigenvalue weighted by molar-refractivity contribution is 9.11. The molecule has 1 aromatic rings. The molecule has 2 rings (SSSR count). The Morgan fingerprint density at radius 3 is 3.11 bits per heavy atom. The topological polar surface area (TPSA) is 41.1 Å². The van der Waals surface area contributed by atoms with Crippen molar-refractivity contribution in [2.45, 2.75) is 25.3 Å². The summed E-state index contributed by atoms with van der Waals surface area (Å²) in [6.45, 7) is 0.533. The number of amides is 2. The van der Waals surface area contributed by atoms with Crippen LogP contribution in [0, 0.1) is 0 Å². The number of aryl methyl sites for hydroxylation is 1. The van der Waals surface area contributed by atoms with E-state index in [1.165, 1.54) is 11.1 Å². The molecule has 0 unspecified atom stereocenters. The molecular formula is C14H17BrN2O. The van der Waals surface area contributed by atoms with Crippen LogP contribution in [0.1, 0.15) is 30.0 Å². The van der Waals surface area contributed by atoms with Crippen molar-refractivity contribution in [3.63, 3.8) is 0 Å². The number of nitrogens with one attached hydrogen (secondary N) is 2. The predicted molar refractivity (Wildman–Crippen MR) is 76.7 cm³/mol. The fraction of sp³-hybridized carbons (Fsp3) is 0.357. The van der Waals surface area contributed by atoms with Gasteiger partial charge in [0.2, 0.25) is 0 Å². The standard InChI is InChI=1S/C14H17BrN2O/c15-9-4-10-16-14(18)17-13-8-3-6-11-5-1-2-7-12(11)13/h1-2,4-5,7,9,13H,3,6,8,10H2,(H2,16,17,18)/b9-4+/t13-/m0/s1. The van der Waals surface area contributed by atoms with Crippen molar-refractivity contribution in [2.75, 3.05) is 6.54 Å². The normalized spacial score (nSPS) is 18.4. The molecule has 2 N–H and O–H groups in total. The van der Waals surface area contributed by atoms with Crippen molar-refractivity contribution in [1.29, 1.82) is 0 Å². The number of urea groups is 1. The number of rotatable bonds is 3. The Morgan fingerprint density at radius 2 is 2.28 bits per heavy atom. The predicted octanol–water partition coefficient (Wildman–Crippen LogP) is 3.27. The number of hydrogen-bond donors (Lipinski definition) is 2. The van der Waals surface area contributed by atoms with E-state index < -0.39 is 0 Å². The van der Waals surface area contributed by atoms with Crippen LogP contribution in [0.3, 0.4) is 0 Å². The summed E-state index contributed by atoms with van der Waals surface area (Å²) < 4.78 is 0. The first-order valence-corrected chi connectivity index (χ1v) is 7.10. The second-order valence-electron chi connectivity index (χ2n) is 4.36. The van der Waals surface area contributed by atoms with Crippen molar-refractivity contribution in [3.05, 3.63) is 46.5 Å². The minimum atomic E-state index is -0.109. The number of carbonyl (C=O) groups excluding carboxylic acids is 1. The van der Waals surface area contributed by atoms with Crippen LogP contribution < -0.4 is 10.6 Å². The molecule has 2 amide bonds. The monoisotopic (exact) mass is 308 g/mol. The second kappa shape index (κ2) is 6.59. The third kappa shape index (κ3) is 3.35. The lowest BCUT2D eigenvalue weighted by Gasteiger charge is -2.26. The molecule has 1 aromatic carbocycles. The quantitative estimate of drug-likeness (QED) is 0.884. The molecule has 1 atom stereocenters. The Balaban J connectivity index is 1.96. The third-order valence-electron chi connectivity index (χ3n) is 3.14. The first-order chi connectivity index (χ1) is 8.81. The smallest absolute Gasteiger partial charge is 0.315 e. The van der Waals surface area contributed by atoms with E-state index >= 15 is 0 Å². The first-order valence-electron chi connectivity index (χ1n) is 6.18. The molecule has 1 aliphatic rings. The average molecular weight is 309 g/mol. The van der Waals surface area contributed by atoms with Crippen molar-refractivity contribution < 1.29 is 4.79 Å². The van der Waals surface area contributed by atoms with Crippen LogP contribution in [-0.2, 0) is 6.42 Å². The summed E-state index contributed by atoms with van der Waals surface area (Å²) in [5.74, 6) is 0. The Labute approximate surface area is 116 Å². The van der Waals surface area contributed by atoms with Crippen molar-refractivity contribution >= 4 is 22.0 Å². The zero-order valence-electron chi connectivity index (χ0n) is 10.2. The van der Waals surface area contributed by atoms with Gasteiger partial charge in [-0.05, 0) is 35.4 Å². The van der Waals surface area contributed by atoms with Gasteiger partial charge in [0.1, 0.15) is 0 Å². The average Bonchev–Trinajstić information content (AvgIpc) is 2.39. The Kier molecular flexibility index (Phi) is 4.81. The summed E-state index contributed by atoms with van der Waals surface area (Å²) in [5.41, 5.74) is 2.62. The van der Waals surface area contributed by atoms with Crippen molar-refractivity contribution in [1.82, 2.24) is 10.6 Å².